The fourth-order valence-electron chi connectivity index (χ4n) is 3.69. The van der Waals surface area contributed by atoms with Crippen LogP contribution in [0.15, 0.2) is 48.5 Å². The van der Waals surface area contributed by atoms with Crippen LogP contribution in [0.25, 0.3) is 6.08 Å². The number of ether oxygens (including phenoxy) is 2. The average Bonchev–Trinajstić information content (AvgIpc) is 2.84. The van der Waals surface area contributed by atoms with Gasteiger partial charge in [0.15, 0.2) is 5.78 Å². The number of aromatic nitrogens is 1. The Morgan fingerprint density at radius 2 is 1.84 bits per heavy atom. The number of carbonyl (C=O) groups is 2. The molecule has 8 heteroatoms. The Morgan fingerprint density at radius 1 is 1.09 bits per heavy atom. The molecule has 2 aromatic rings. The molecule has 8 nitrogen and oxygen atoms in total. The number of hydrogen-bond donors (Lipinski definition) is 2. The SMILES string of the molecule is O=C(Nc1ccc(C(=O)C=Cc2cccc(N3CCOCC3)n2)cc1)OC1CCNCC1. The van der Waals surface area contributed by atoms with Gasteiger partial charge in [-0.25, -0.2) is 9.78 Å². The molecule has 0 spiro atoms. The first kappa shape index (κ1) is 22.0. The lowest BCUT2D eigenvalue weighted by atomic mass is 10.1. The molecule has 1 aromatic carbocycles. The second-order valence-electron chi connectivity index (χ2n) is 7.77. The number of amides is 1. The van der Waals surface area contributed by atoms with Crippen LogP contribution in [0.2, 0.25) is 0 Å². The second-order valence-corrected chi connectivity index (χ2v) is 7.77. The Morgan fingerprint density at radius 3 is 2.59 bits per heavy atom. The van der Waals surface area contributed by atoms with Gasteiger partial charge in [-0.2, -0.15) is 0 Å². The summed E-state index contributed by atoms with van der Waals surface area (Å²) < 4.78 is 10.8. The predicted molar refractivity (Wildman–Crippen MR) is 123 cm³/mol. The fourth-order valence-corrected chi connectivity index (χ4v) is 3.69. The number of pyridine rings is 1. The average molecular weight is 437 g/mol. The maximum absolute atomic E-state index is 12.5. The molecule has 4 rings (SSSR count). The molecule has 0 unspecified atom stereocenters. The summed E-state index contributed by atoms with van der Waals surface area (Å²) in [6.07, 6.45) is 4.34. The molecule has 0 radical (unpaired) electrons. The molecule has 32 heavy (non-hydrogen) atoms. The van der Waals surface area contributed by atoms with Crippen molar-refractivity contribution in [1.29, 1.82) is 0 Å². The molecular weight excluding hydrogens is 408 g/mol. The van der Waals surface area contributed by atoms with E-state index in [0.717, 1.165) is 50.5 Å². The molecule has 1 amide bonds. The number of ketones is 1. The molecule has 168 valence electrons. The number of piperidine rings is 1. The Labute approximate surface area is 187 Å². The van der Waals surface area contributed by atoms with Gasteiger partial charge < -0.3 is 19.7 Å². The van der Waals surface area contributed by atoms with E-state index in [9.17, 15) is 9.59 Å². The van der Waals surface area contributed by atoms with Crippen molar-refractivity contribution in [3.8, 4) is 0 Å². The highest BCUT2D eigenvalue weighted by Crippen LogP contribution is 2.16. The topological polar surface area (TPSA) is 92.8 Å². The minimum atomic E-state index is -0.470. The first-order valence-corrected chi connectivity index (χ1v) is 11.0. The molecule has 0 atom stereocenters. The Hall–Kier alpha value is -3.23. The smallest absolute Gasteiger partial charge is 0.411 e. The Kier molecular flexibility index (Phi) is 7.47. The number of allylic oxidation sites excluding steroid dienone is 1. The zero-order chi connectivity index (χ0) is 22.2. The third-order valence-electron chi connectivity index (χ3n) is 5.47. The molecule has 0 aliphatic carbocycles. The summed E-state index contributed by atoms with van der Waals surface area (Å²) in [5.74, 6) is 0.752. The highest BCUT2D eigenvalue weighted by molar-refractivity contribution is 6.07. The number of morpholine rings is 1. The van der Waals surface area contributed by atoms with Crippen molar-refractivity contribution in [2.24, 2.45) is 0 Å². The number of hydrogen-bond acceptors (Lipinski definition) is 7. The number of carbonyl (C=O) groups excluding carboxylic acids is 2. The number of rotatable bonds is 6. The van der Waals surface area contributed by atoms with Crippen molar-refractivity contribution in [3.05, 3.63) is 59.8 Å². The van der Waals surface area contributed by atoms with Gasteiger partial charge in [-0.05, 0) is 74.5 Å². The number of nitrogens with one attached hydrogen (secondary N) is 2. The molecule has 1 aromatic heterocycles. The van der Waals surface area contributed by atoms with Crippen LogP contribution < -0.4 is 15.5 Å². The van der Waals surface area contributed by atoms with E-state index >= 15 is 0 Å². The molecule has 2 saturated heterocycles. The van der Waals surface area contributed by atoms with E-state index < -0.39 is 6.09 Å². The van der Waals surface area contributed by atoms with Crippen LogP contribution in [-0.2, 0) is 9.47 Å². The molecule has 2 fully saturated rings. The Bertz CT molecular complexity index is 949. The molecule has 2 aliphatic rings. The van der Waals surface area contributed by atoms with E-state index in [1.54, 1.807) is 30.3 Å². The van der Waals surface area contributed by atoms with Crippen molar-refractivity contribution in [1.82, 2.24) is 10.3 Å². The standard InChI is InChI=1S/C24H28N4O4/c29-22(9-8-19-2-1-3-23(26-19)28-14-16-31-17-15-28)18-4-6-20(7-5-18)27-24(30)32-21-10-12-25-13-11-21/h1-9,21,25H,10-17H2,(H,27,30). The quantitative estimate of drug-likeness (QED) is 0.531. The lowest BCUT2D eigenvalue weighted by molar-refractivity contribution is 0.0908. The summed E-state index contributed by atoms with van der Waals surface area (Å²) in [5, 5.41) is 5.95. The minimum absolute atomic E-state index is 0.0578. The summed E-state index contributed by atoms with van der Waals surface area (Å²) in [6, 6.07) is 12.5. The lowest BCUT2D eigenvalue weighted by Gasteiger charge is -2.27. The minimum Gasteiger partial charge on any atom is -0.446 e. The summed E-state index contributed by atoms with van der Waals surface area (Å²) in [5.41, 5.74) is 1.84. The molecule has 2 aliphatic heterocycles. The van der Waals surface area contributed by atoms with Crippen molar-refractivity contribution < 1.29 is 19.1 Å². The predicted octanol–water partition coefficient (Wildman–Crippen LogP) is 3.11. The van der Waals surface area contributed by atoms with E-state index in [1.807, 2.05) is 18.2 Å². The molecule has 0 bridgehead atoms. The normalized spacial score (nSPS) is 17.3. The van der Waals surface area contributed by atoms with Gasteiger partial charge in [0.25, 0.3) is 0 Å². The number of anilines is 2. The van der Waals surface area contributed by atoms with Gasteiger partial charge in [0, 0.05) is 24.3 Å². The molecular formula is C24H28N4O4. The zero-order valence-corrected chi connectivity index (χ0v) is 18.0. The maximum Gasteiger partial charge on any atom is 0.411 e. The van der Waals surface area contributed by atoms with Crippen LogP contribution >= 0.6 is 0 Å². The van der Waals surface area contributed by atoms with Gasteiger partial charge in [0.2, 0.25) is 0 Å². The van der Waals surface area contributed by atoms with Gasteiger partial charge in [-0.3, -0.25) is 10.1 Å². The van der Waals surface area contributed by atoms with Crippen LogP contribution in [-0.4, -0.2) is 62.4 Å². The van der Waals surface area contributed by atoms with Crippen molar-refractivity contribution in [3.63, 3.8) is 0 Å². The highest BCUT2D eigenvalue weighted by atomic mass is 16.6. The third kappa shape index (κ3) is 6.15. The molecule has 0 saturated carbocycles. The van der Waals surface area contributed by atoms with Crippen LogP contribution in [0.4, 0.5) is 16.3 Å². The first-order chi connectivity index (χ1) is 15.7. The first-order valence-electron chi connectivity index (χ1n) is 11.0. The maximum atomic E-state index is 12.5. The largest absolute Gasteiger partial charge is 0.446 e. The zero-order valence-electron chi connectivity index (χ0n) is 18.0. The van der Waals surface area contributed by atoms with Gasteiger partial charge in [-0.15, -0.1) is 0 Å². The van der Waals surface area contributed by atoms with Crippen LogP contribution in [0, 0.1) is 0 Å². The van der Waals surface area contributed by atoms with Crippen LogP contribution in [0.5, 0.6) is 0 Å². The van der Waals surface area contributed by atoms with E-state index in [4.69, 9.17) is 9.47 Å². The third-order valence-corrected chi connectivity index (χ3v) is 5.47. The monoisotopic (exact) mass is 436 g/mol. The van der Waals surface area contributed by atoms with Crippen LogP contribution in [0.3, 0.4) is 0 Å². The summed E-state index contributed by atoms with van der Waals surface area (Å²) in [4.78, 5) is 31.4. The summed E-state index contributed by atoms with van der Waals surface area (Å²) in [6.45, 7) is 4.72. The molecule has 2 N–H and O–H groups in total. The van der Waals surface area contributed by atoms with Gasteiger partial charge in [0.05, 0.1) is 18.9 Å². The fraction of sp³-hybridized carbons (Fsp3) is 0.375. The van der Waals surface area contributed by atoms with Crippen LogP contribution in [0.1, 0.15) is 28.9 Å². The van der Waals surface area contributed by atoms with Crippen molar-refractivity contribution in [2.75, 3.05) is 49.6 Å². The second kappa shape index (κ2) is 10.9. The van der Waals surface area contributed by atoms with E-state index in [-0.39, 0.29) is 11.9 Å². The van der Waals surface area contributed by atoms with Gasteiger partial charge in [0.1, 0.15) is 11.9 Å². The highest BCUT2D eigenvalue weighted by Gasteiger charge is 2.17. The molecule has 3 heterocycles. The lowest BCUT2D eigenvalue weighted by Crippen LogP contribution is -2.36. The van der Waals surface area contributed by atoms with Gasteiger partial charge >= 0.3 is 6.09 Å². The van der Waals surface area contributed by atoms with Crippen molar-refractivity contribution >= 4 is 29.5 Å². The van der Waals surface area contributed by atoms with E-state index in [1.165, 1.54) is 6.08 Å². The Balaban J connectivity index is 1.31. The summed E-state index contributed by atoms with van der Waals surface area (Å²) >= 11 is 0. The summed E-state index contributed by atoms with van der Waals surface area (Å²) in [7, 11) is 0. The van der Waals surface area contributed by atoms with E-state index in [0.29, 0.717) is 24.5 Å². The van der Waals surface area contributed by atoms with Crippen molar-refractivity contribution in [2.45, 2.75) is 18.9 Å². The van der Waals surface area contributed by atoms with E-state index in [2.05, 4.69) is 20.5 Å². The van der Waals surface area contributed by atoms with Gasteiger partial charge in [-0.1, -0.05) is 6.07 Å². The number of nitrogens with zero attached hydrogens (tertiary/aromatic N) is 2. The number of benzene rings is 1.